The average Bonchev–Trinajstić information content (AvgIpc) is 2.71. The monoisotopic (exact) mass is 349 g/mol. The molecule has 6 heteroatoms. The van der Waals surface area contributed by atoms with E-state index in [1.165, 1.54) is 13.2 Å². The Bertz CT molecular complexity index is 824. The number of aromatic nitrogens is 2. The topological polar surface area (TPSA) is 53.1 Å². The van der Waals surface area contributed by atoms with Gasteiger partial charge in [-0.2, -0.15) is 0 Å². The lowest BCUT2D eigenvalue weighted by Gasteiger charge is -2.09. The van der Waals surface area contributed by atoms with Gasteiger partial charge in [-0.3, -0.25) is 4.57 Å². The van der Waals surface area contributed by atoms with Crippen LogP contribution in [0, 0.1) is 12.7 Å². The van der Waals surface area contributed by atoms with Gasteiger partial charge in [0.25, 0.3) is 0 Å². The molecule has 1 aromatic heterocycles. The molecule has 108 valence electrons. The van der Waals surface area contributed by atoms with Crippen LogP contribution < -0.4 is 10.5 Å². The predicted octanol–water partition coefficient (Wildman–Crippen LogP) is 3.83. The van der Waals surface area contributed by atoms with Gasteiger partial charge in [-0.25, -0.2) is 9.37 Å². The van der Waals surface area contributed by atoms with E-state index >= 15 is 0 Å². The lowest BCUT2D eigenvalue weighted by Crippen LogP contribution is -2.01. The number of aryl methyl sites for hydroxylation is 1. The van der Waals surface area contributed by atoms with Crippen LogP contribution in [0.4, 0.5) is 10.3 Å². The molecule has 0 atom stereocenters. The molecular formula is C15H13BrFN3O. The molecule has 0 fully saturated rings. The maximum absolute atomic E-state index is 13.8. The third-order valence-electron chi connectivity index (χ3n) is 3.24. The first-order valence-corrected chi connectivity index (χ1v) is 7.08. The quantitative estimate of drug-likeness (QED) is 0.764. The van der Waals surface area contributed by atoms with Gasteiger partial charge in [0, 0.05) is 16.6 Å². The highest BCUT2D eigenvalue weighted by molar-refractivity contribution is 9.10. The molecule has 0 amide bonds. The Hall–Kier alpha value is -2.08. The number of rotatable bonds is 2. The van der Waals surface area contributed by atoms with Crippen LogP contribution in [0.15, 0.2) is 34.8 Å². The average molecular weight is 350 g/mol. The Balaban J connectivity index is 2.33. The van der Waals surface area contributed by atoms with Crippen molar-refractivity contribution in [3.8, 4) is 11.4 Å². The van der Waals surface area contributed by atoms with E-state index in [0.717, 1.165) is 15.7 Å². The Morgan fingerprint density at radius 1 is 1.24 bits per heavy atom. The normalized spacial score (nSPS) is 11.0. The Kier molecular flexibility index (Phi) is 3.33. The van der Waals surface area contributed by atoms with Crippen LogP contribution in [-0.2, 0) is 0 Å². The van der Waals surface area contributed by atoms with Crippen LogP contribution in [0.2, 0.25) is 0 Å². The summed E-state index contributed by atoms with van der Waals surface area (Å²) in [7, 11) is 1.43. The van der Waals surface area contributed by atoms with Crippen LogP contribution >= 0.6 is 15.9 Å². The summed E-state index contributed by atoms with van der Waals surface area (Å²) in [5, 5.41) is 0. The molecule has 0 unspecified atom stereocenters. The number of fused-ring (bicyclic) bond motifs is 1. The number of halogens is 2. The summed E-state index contributed by atoms with van der Waals surface area (Å²) in [5.41, 5.74) is 9.12. The largest absolute Gasteiger partial charge is 0.494 e. The number of anilines is 1. The molecule has 3 aromatic rings. The standard InChI is InChI=1S/C15H13BrFN3O/c1-8-3-9(16)5-10(4-8)20-13-7-14(21-2)11(17)6-12(13)19-15(20)18/h3-7H,1-2H3,(H2,18,19). The SMILES string of the molecule is COc1cc2c(cc1F)nc(N)n2-c1cc(C)cc(Br)c1. The van der Waals surface area contributed by atoms with Gasteiger partial charge in [-0.1, -0.05) is 15.9 Å². The highest BCUT2D eigenvalue weighted by atomic mass is 79.9. The number of hydrogen-bond acceptors (Lipinski definition) is 3. The molecule has 0 aliphatic heterocycles. The number of hydrogen-bond donors (Lipinski definition) is 1. The molecule has 0 saturated heterocycles. The van der Waals surface area contributed by atoms with Crippen molar-refractivity contribution in [2.24, 2.45) is 0 Å². The lowest BCUT2D eigenvalue weighted by molar-refractivity contribution is 0.387. The number of benzene rings is 2. The Labute approximate surface area is 129 Å². The summed E-state index contributed by atoms with van der Waals surface area (Å²) in [4.78, 5) is 4.21. The zero-order chi connectivity index (χ0) is 15.1. The van der Waals surface area contributed by atoms with Gasteiger partial charge in [0.1, 0.15) is 0 Å². The molecular weight excluding hydrogens is 337 g/mol. The van der Waals surface area contributed by atoms with Crippen LogP contribution in [0.1, 0.15) is 5.56 Å². The van der Waals surface area contributed by atoms with Gasteiger partial charge >= 0.3 is 0 Å². The van der Waals surface area contributed by atoms with Crippen molar-refractivity contribution in [2.45, 2.75) is 6.92 Å². The Morgan fingerprint density at radius 2 is 2.00 bits per heavy atom. The van der Waals surface area contributed by atoms with Gasteiger partial charge < -0.3 is 10.5 Å². The first kappa shape index (κ1) is 13.9. The minimum absolute atomic E-state index is 0.162. The molecule has 0 spiro atoms. The van der Waals surface area contributed by atoms with Crippen molar-refractivity contribution in [2.75, 3.05) is 12.8 Å². The predicted molar refractivity (Wildman–Crippen MR) is 84.4 cm³/mol. The highest BCUT2D eigenvalue weighted by Crippen LogP contribution is 2.30. The van der Waals surface area contributed by atoms with Crippen molar-refractivity contribution < 1.29 is 9.13 Å². The van der Waals surface area contributed by atoms with Crippen molar-refractivity contribution in [1.82, 2.24) is 9.55 Å². The summed E-state index contributed by atoms with van der Waals surface area (Å²) >= 11 is 3.47. The fourth-order valence-corrected chi connectivity index (χ4v) is 2.97. The number of ether oxygens (including phenoxy) is 1. The van der Waals surface area contributed by atoms with Gasteiger partial charge in [-0.05, 0) is 30.7 Å². The van der Waals surface area contributed by atoms with E-state index in [1.807, 2.05) is 25.1 Å². The fourth-order valence-electron chi connectivity index (χ4n) is 2.37. The molecule has 0 bridgehead atoms. The van der Waals surface area contributed by atoms with Crippen molar-refractivity contribution in [3.63, 3.8) is 0 Å². The van der Waals surface area contributed by atoms with E-state index in [4.69, 9.17) is 10.5 Å². The summed E-state index contributed by atoms with van der Waals surface area (Å²) < 4.78 is 21.5. The van der Waals surface area contributed by atoms with Crippen molar-refractivity contribution in [1.29, 1.82) is 0 Å². The smallest absolute Gasteiger partial charge is 0.205 e. The molecule has 3 rings (SSSR count). The highest BCUT2D eigenvalue weighted by Gasteiger charge is 2.14. The number of nitrogens with zero attached hydrogens (tertiary/aromatic N) is 2. The molecule has 0 radical (unpaired) electrons. The van der Waals surface area contributed by atoms with Crippen LogP contribution in [0.5, 0.6) is 5.75 Å². The number of nitrogen functional groups attached to an aromatic ring is 1. The summed E-state index contributed by atoms with van der Waals surface area (Å²) in [6, 6.07) is 8.84. The van der Waals surface area contributed by atoms with E-state index in [9.17, 15) is 4.39 Å². The minimum Gasteiger partial charge on any atom is -0.494 e. The Morgan fingerprint density at radius 3 is 2.67 bits per heavy atom. The molecule has 0 aliphatic carbocycles. The zero-order valence-electron chi connectivity index (χ0n) is 11.5. The number of imidazole rings is 1. The first-order chi connectivity index (χ1) is 9.99. The van der Waals surface area contributed by atoms with Crippen LogP contribution in [0.3, 0.4) is 0 Å². The second-order valence-electron chi connectivity index (χ2n) is 4.77. The van der Waals surface area contributed by atoms with E-state index in [-0.39, 0.29) is 5.75 Å². The molecule has 0 saturated carbocycles. The number of nitrogens with two attached hydrogens (primary N) is 1. The third kappa shape index (κ3) is 2.35. The van der Waals surface area contributed by atoms with Gasteiger partial charge in [0.05, 0.1) is 23.8 Å². The molecule has 0 aliphatic rings. The molecule has 21 heavy (non-hydrogen) atoms. The van der Waals surface area contributed by atoms with Crippen molar-refractivity contribution in [3.05, 3.63) is 46.2 Å². The van der Waals surface area contributed by atoms with Crippen LogP contribution in [0.25, 0.3) is 16.7 Å². The molecule has 4 nitrogen and oxygen atoms in total. The summed E-state index contributed by atoms with van der Waals surface area (Å²) in [6.07, 6.45) is 0. The summed E-state index contributed by atoms with van der Waals surface area (Å²) in [5.74, 6) is 0.00518. The lowest BCUT2D eigenvalue weighted by atomic mass is 10.2. The maximum Gasteiger partial charge on any atom is 0.205 e. The molecule has 2 aromatic carbocycles. The van der Waals surface area contributed by atoms with Crippen molar-refractivity contribution >= 4 is 32.9 Å². The maximum atomic E-state index is 13.8. The van der Waals surface area contributed by atoms with Gasteiger partial charge in [-0.15, -0.1) is 0 Å². The third-order valence-corrected chi connectivity index (χ3v) is 3.70. The van der Waals surface area contributed by atoms with E-state index in [1.54, 1.807) is 10.6 Å². The molecule has 2 N–H and O–H groups in total. The van der Waals surface area contributed by atoms with Gasteiger partial charge in [0.2, 0.25) is 5.95 Å². The van der Waals surface area contributed by atoms with Gasteiger partial charge in [0.15, 0.2) is 11.6 Å². The van der Waals surface area contributed by atoms with E-state index in [0.29, 0.717) is 17.0 Å². The molecule has 1 heterocycles. The first-order valence-electron chi connectivity index (χ1n) is 6.28. The van der Waals surface area contributed by atoms with E-state index in [2.05, 4.69) is 20.9 Å². The fraction of sp³-hybridized carbons (Fsp3) is 0.133. The zero-order valence-corrected chi connectivity index (χ0v) is 13.1. The van der Waals surface area contributed by atoms with E-state index < -0.39 is 5.82 Å². The van der Waals surface area contributed by atoms with Crippen LogP contribution in [-0.4, -0.2) is 16.7 Å². The number of methoxy groups -OCH3 is 1. The minimum atomic E-state index is -0.458. The second kappa shape index (κ2) is 5.04. The summed E-state index contributed by atoms with van der Waals surface area (Å²) in [6.45, 7) is 1.99. The second-order valence-corrected chi connectivity index (χ2v) is 5.68.